The van der Waals surface area contributed by atoms with Gasteiger partial charge in [0.2, 0.25) is 0 Å². The molecule has 2 N–H and O–H groups in total. The van der Waals surface area contributed by atoms with Crippen molar-refractivity contribution < 1.29 is 19.7 Å². The highest BCUT2D eigenvalue weighted by atomic mass is 16.5. The molecule has 0 radical (unpaired) electrons. The Morgan fingerprint density at radius 1 is 1.37 bits per heavy atom. The van der Waals surface area contributed by atoms with E-state index in [9.17, 15) is 15.0 Å². The number of hydrogen-bond acceptors (Lipinski definition) is 7. The van der Waals surface area contributed by atoms with Crippen LogP contribution in [-0.2, 0) is 4.74 Å². The molecule has 1 saturated heterocycles. The van der Waals surface area contributed by atoms with E-state index in [-0.39, 0.29) is 12.5 Å². The van der Waals surface area contributed by atoms with Gasteiger partial charge in [-0.15, -0.1) is 5.10 Å². The van der Waals surface area contributed by atoms with Crippen LogP contribution < -0.4 is 0 Å². The highest BCUT2D eigenvalue weighted by Crippen LogP contribution is 2.35. The third-order valence-corrected chi connectivity index (χ3v) is 5.24. The van der Waals surface area contributed by atoms with Crippen molar-refractivity contribution in [1.29, 1.82) is 0 Å². The number of tetrazole rings is 1. The number of hydrogen-bond donors (Lipinski definition) is 2. The Kier molecular flexibility index (Phi) is 6.15. The summed E-state index contributed by atoms with van der Waals surface area (Å²) in [6, 6.07) is 7.02. The molecule has 1 aromatic heterocycles. The summed E-state index contributed by atoms with van der Waals surface area (Å²) in [6.07, 6.45) is 2.61. The highest BCUT2D eigenvalue weighted by molar-refractivity contribution is 5.94. The molecule has 9 nitrogen and oxygen atoms in total. The molecule has 2 aromatic rings. The van der Waals surface area contributed by atoms with Crippen LogP contribution in [0.5, 0.6) is 0 Å². The van der Waals surface area contributed by atoms with Gasteiger partial charge in [0, 0.05) is 37.8 Å². The largest absolute Gasteiger partial charge is 0.396 e. The molecule has 3 rings (SSSR count). The Hall–Kier alpha value is -2.36. The molecule has 0 unspecified atom stereocenters. The van der Waals surface area contributed by atoms with Gasteiger partial charge in [0.05, 0.1) is 18.4 Å². The lowest BCUT2D eigenvalue weighted by Gasteiger charge is -2.45. The standard InChI is InChI=1S/C18H25N5O4/c1-27-10-2-8-18(12-24)11-22(9-7-16(18)25)17(26)14-3-5-15(6-4-14)23-13-19-20-21-23/h3-6,13,16,24-25H,2,7-12H2,1H3/t16-,18+/m1/s1. The lowest BCUT2D eigenvalue weighted by molar-refractivity contribution is -0.0745. The minimum atomic E-state index is -0.710. The summed E-state index contributed by atoms with van der Waals surface area (Å²) in [4.78, 5) is 14.6. The van der Waals surface area contributed by atoms with Crippen molar-refractivity contribution in [2.45, 2.75) is 25.4 Å². The van der Waals surface area contributed by atoms with Crippen LogP contribution in [0.4, 0.5) is 0 Å². The average Bonchev–Trinajstić information content (AvgIpc) is 3.24. The SMILES string of the molecule is COCCC[C@@]1(CO)CN(C(=O)c2ccc(-n3cnnn3)cc2)CC[C@H]1O. The number of aliphatic hydroxyl groups is 2. The fourth-order valence-corrected chi connectivity index (χ4v) is 3.59. The second-order valence-corrected chi connectivity index (χ2v) is 6.95. The number of carbonyl (C=O) groups is 1. The van der Waals surface area contributed by atoms with E-state index in [2.05, 4.69) is 15.5 Å². The number of ether oxygens (including phenoxy) is 1. The summed E-state index contributed by atoms with van der Waals surface area (Å²) in [6.45, 7) is 1.17. The van der Waals surface area contributed by atoms with E-state index in [4.69, 9.17) is 4.74 Å². The van der Waals surface area contributed by atoms with Crippen LogP contribution in [0.1, 0.15) is 29.6 Å². The van der Waals surface area contributed by atoms with Gasteiger partial charge in [0.1, 0.15) is 6.33 Å². The van der Waals surface area contributed by atoms with Gasteiger partial charge in [-0.25, -0.2) is 4.68 Å². The Bertz CT molecular complexity index is 737. The number of nitrogens with zero attached hydrogens (tertiary/aromatic N) is 5. The molecule has 2 heterocycles. The van der Waals surface area contributed by atoms with Crippen LogP contribution in [0.25, 0.3) is 5.69 Å². The number of aliphatic hydroxyl groups excluding tert-OH is 2. The molecule has 0 saturated carbocycles. The van der Waals surface area contributed by atoms with Gasteiger partial charge in [0.25, 0.3) is 5.91 Å². The van der Waals surface area contributed by atoms with Gasteiger partial charge in [0.15, 0.2) is 0 Å². The number of likely N-dealkylation sites (tertiary alicyclic amines) is 1. The van der Waals surface area contributed by atoms with E-state index in [1.165, 1.54) is 11.0 Å². The van der Waals surface area contributed by atoms with E-state index in [0.29, 0.717) is 38.1 Å². The lowest BCUT2D eigenvalue weighted by Crippen LogP contribution is -2.55. The van der Waals surface area contributed by atoms with Gasteiger partial charge < -0.3 is 19.8 Å². The molecule has 0 spiro atoms. The molecule has 1 aromatic carbocycles. The molecular formula is C18H25N5O4. The molecule has 0 aliphatic carbocycles. The maximum atomic E-state index is 12.9. The van der Waals surface area contributed by atoms with Gasteiger partial charge in [-0.2, -0.15) is 0 Å². The van der Waals surface area contributed by atoms with Crippen LogP contribution in [0.2, 0.25) is 0 Å². The zero-order valence-corrected chi connectivity index (χ0v) is 15.4. The van der Waals surface area contributed by atoms with Crippen molar-refractivity contribution in [2.24, 2.45) is 5.41 Å². The van der Waals surface area contributed by atoms with E-state index in [1.807, 2.05) is 0 Å². The molecule has 1 aliphatic heterocycles. The van der Waals surface area contributed by atoms with Crippen molar-refractivity contribution in [3.63, 3.8) is 0 Å². The average molecular weight is 375 g/mol. The maximum Gasteiger partial charge on any atom is 0.253 e. The summed E-state index contributed by atoms with van der Waals surface area (Å²) in [5, 5.41) is 31.4. The fraction of sp³-hybridized carbons (Fsp3) is 0.556. The van der Waals surface area contributed by atoms with Crippen LogP contribution >= 0.6 is 0 Å². The first-order valence-electron chi connectivity index (χ1n) is 9.00. The summed E-state index contributed by atoms with van der Waals surface area (Å²) in [7, 11) is 1.62. The Labute approximate surface area is 157 Å². The second kappa shape index (κ2) is 8.55. The Balaban J connectivity index is 1.72. The van der Waals surface area contributed by atoms with E-state index in [1.54, 1.807) is 36.3 Å². The molecule has 146 valence electrons. The van der Waals surface area contributed by atoms with E-state index >= 15 is 0 Å². The van der Waals surface area contributed by atoms with Crippen molar-refractivity contribution in [3.8, 4) is 5.69 Å². The zero-order valence-electron chi connectivity index (χ0n) is 15.4. The fourth-order valence-electron chi connectivity index (χ4n) is 3.59. The number of benzene rings is 1. The summed E-state index contributed by atoms with van der Waals surface area (Å²) in [5.74, 6) is -0.116. The number of rotatable bonds is 7. The van der Waals surface area contributed by atoms with Crippen molar-refractivity contribution in [3.05, 3.63) is 36.2 Å². The van der Waals surface area contributed by atoms with Crippen LogP contribution in [0.3, 0.4) is 0 Å². The highest BCUT2D eigenvalue weighted by Gasteiger charge is 2.43. The molecule has 1 aliphatic rings. The van der Waals surface area contributed by atoms with Crippen molar-refractivity contribution in [2.75, 3.05) is 33.4 Å². The predicted molar refractivity (Wildman–Crippen MR) is 96.3 cm³/mol. The molecular weight excluding hydrogens is 350 g/mol. The molecule has 9 heteroatoms. The topological polar surface area (TPSA) is 114 Å². The first-order valence-corrected chi connectivity index (χ1v) is 9.00. The predicted octanol–water partition coefficient (Wildman–Crippen LogP) is 0.274. The quantitative estimate of drug-likeness (QED) is 0.668. The molecule has 2 atom stereocenters. The van der Waals surface area contributed by atoms with Crippen molar-refractivity contribution >= 4 is 5.91 Å². The number of methoxy groups -OCH3 is 1. The third-order valence-electron chi connectivity index (χ3n) is 5.24. The Morgan fingerprint density at radius 3 is 2.78 bits per heavy atom. The van der Waals surface area contributed by atoms with Gasteiger partial charge >= 0.3 is 0 Å². The van der Waals surface area contributed by atoms with E-state index in [0.717, 1.165) is 12.1 Å². The first-order chi connectivity index (χ1) is 13.1. The zero-order chi connectivity index (χ0) is 19.3. The van der Waals surface area contributed by atoms with Crippen LogP contribution in [0, 0.1) is 5.41 Å². The van der Waals surface area contributed by atoms with Gasteiger partial charge in [-0.3, -0.25) is 4.79 Å². The van der Waals surface area contributed by atoms with E-state index < -0.39 is 11.5 Å². The van der Waals surface area contributed by atoms with Gasteiger partial charge in [-0.1, -0.05) is 0 Å². The van der Waals surface area contributed by atoms with Crippen LogP contribution in [0.15, 0.2) is 30.6 Å². The summed E-state index contributed by atoms with van der Waals surface area (Å²) >= 11 is 0. The number of piperidine rings is 1. The second-order valence-electron chi connectivity index (χ2n) is 6.95. The molecule has 1 fully saturated rings. The normalized spacial score (nSPS) is 22.8. The first kappa shape index (κ1) is 19.4. The van der Waals surface area contributed by atoms with Crippen molar-refractivity contribution in [1.82, 2.24) is 25.1 Å². The Morgan fingerprint density at radius 2 is 2.15 bits per heavy atom. The molecule has 0 bridgehead atoms. The smallest absolute Gasteiger partial charge is 0.253 e. The maximum absolute atomic E-state index is 12.9. The third kappa shape index (κ3) is 4.15. The summed E-state index contributed by atoms with van der Waals surface area (Å²) in [5.41, 5.74) is 0.598. The molecule has 27 heavy (non-hydrogen) atoms. The minimum absolute atomic E-state index is 0.116. The van der Waals surface area contributed by atoms with Crippen LogP contribution in [-0.4, -0.2) is 80.7 Å². The number of amides is 1. The van der Waals surface area contributed by atoms with Gasteiger partial charge in [-0.05, 0) is 54.0 Å². The minimum Gasteiger partial charge on any atom is -0.396 e. The number of carbonyl (C=O) groups excluding carboxylic acids is 1. The lowest BCUT2D eigenvalue weighted by atomic mass is 9.74. The monoisotopic (exact) mass is 375 g/mol. The summed E-state index contributed by atoms with van der Waals surface area (Å²) < 4.78 is 6.60. The number of aromatic nitrogens is 4. The molecule has 1 amide bonds.